The first-order chi connectivity index (χ1) is 16.4. The highest BCUT2D eigenvalue weighted by Crippen LogP contribution is 2.23. The number of hydrogen-bond acceptors (Lipinski definition) is 6. The van der Waals surface area contributed by atoms with Gasteiger partial charge in [0.15, 0.2) is 0 Å². The number of amides is 1. The van der Waals surface area contributed by atoms with Gasteiger partial charge in [-0.3, -0.25) is 9.20 Å². The van der Waals surface area contributed by atoms with E-state index in [-0.39, 0.29) is 18.7 Å². The second-order valence-electron chi connectivity index (χ2n) is 7.81. The lowest BCUT2D eigenvalue weighted by atomic mass is 10.1. The molecule has 3 aromatic heterocycles. The number of alkyl halides is 5. The summed E-state index contributed by atoms with van der Waals surface area (Å²) in [4.78, 5) is 31.2. The van der Waals surface area contributed by atoms with Gasteiger partial charge in [0, 0.05) is 6.20 Å². The van der Waals surface area contributed by atoms with Crippen LogP contribution in [-0.4, -0.2) is 51.4 Å². The lowest BCUT2D eigenvalue weighted by Crippen LogP contribution is -3.12. The van der Waals surface area contributed by atoms with Crippen LogP contribution in [0.4, 0.5) is 33.6 Å². The summed E-state index contributed by atoms with van der Waals surface area (Å²) in [5, 5.41) is 11.5. The third-order valence-corrected chi connectivity index (χ3v) is 5.18. The zero-order valence-corrected chi connectivity index (χ0v) is 18.1. The minimum atomic E-state index is -5.19. The summed E-state index contributed by atoms with van der Waals surface area (Å²) in [7, 11) is 0. The minimum absolute atomic E-state index is 0.122. The molecule has 0 radical (unpaired) electrons. The average molecular weight is 500 g/mol. The van der Waals surface area contributed by atoms with Crippen molar-refractivity contribution in [2.75, 3.05) is 24.1 Å². The van der Waals surface area contributed by atoms with Gasteiger partial charge in [0.05, 0.1) is 31.4 Å². The Hall–Kier alpha value is -3.81. The van der Waals surface area contributed by atoms with Crippen LogP contribution in [0.3, 0.4) is 0 Å². The number of hydrogen-bond donors (Lipinski definition) is 3. The fourth-order valence-corrected chi connectivity index (χ4v) is 3.47. The molecule has 0 bridgehead atoms. The zero-order chi connectivity index (χ0) is 25.8. The molecule has 0 saturated carbocycles. The van der Waals surface area contributed by atoms with Crippen LogP contribution in [-0.2, 0) is 11.3 Å². The Labute approximate surface area is 195 Å². The lowest BCUT2D eigenvalue weighted by Gasteiger charge is -2.28. The van der Waals surface area contributed by atoms with E-state index in [0.717, 1.165) is 10.4 Å². The van der Waals surface area contributed by atoms with Crippen LogP contribution in [0.5, 0.6) is 0 Å². The number of nitrogens with two attached hydrogens (primary N) is 1. The number of likely N-dealkylation sites (tertiary alicyclic amines) is 1. The second-order valence-corrected chi connectivity index (χ2v) is 7.81. The summed E-state index contributed by atoms with van der Waals surface area (Å²) in [6.45, 7) is 1.26. The molecular formula is C21H21F5N6O3. The molecule has 1 aliphatic heterocycles. The normalized spacial score (nSPS) is 15.8. The molecule has 0 aromatic carbocycles. The number of carbonyl (C=O) groups is 2. The van der Waals surface area contributed by atoms with E-state index in [0.29, 0.717) is 37.0 Å². The topological polar surface area (TPSA) is 130 Å². The van der Waals surface area contributed by atoms with Gasteiger partial charge in [-0.1, -0.05) is 12.1 Å². The number of aliphatic carboxylic acids is 1. The number of carboxylic acid groups (broad SMARTS) is 1. The maximum Gasteiger partial charge on any atom is 0.430 e. The summed E-state index contributed by atoms with van der Waals surface area (Å²) in [6.07, 6.45) is -3.68. The van der Waals surface area contributed by atoms with Crippen LogP contribution in [0.15, 0.2) is 42.6 Å². The average Bonchev–Trinajstić information content (AvgIpc) is 3.14. The SMILES string of the molecule is Nc1cccc(NC(=O)c2nc(C[NH+]3CCC(F)(F)CC3)c3ccccn23)n1.O=C([O-])C(F)(F)F. The number of nitrogens with zero attached hydrogens (tertiary/aromatic N) is 3. The van der Waals surface area contributed by atoms with Crippen LogP contribution in [0.2, 0.25) is 0 Å². The van der Waals surface area contributed by atoms with Crippen LogP contribution >= 0.6 is 0 Å². The van der Waals surface area contributed by atoms with Crippen LogP contribution < -0.4 is 21.1 Å². The predicted molar refractivity (Wildman–Crippen MR) is 111 cm³/mol. The van der Waals surface area contributed by atoms with Gasteiger partial charge in [0.25, 0.3) is 11.8 Å². The number of halogens is 5. The Kier molecular flexibility index (Phi) is 7.53. The Morgan fingerprint density at radius 3 is 2.37 bits per heavy atom. The van der Waals surface area contributed by atoms with Crippen LogP contribution in [0.1, 0.15) is 29.2 Å². The zero-order valence-electron chi connectivity index (χ0n) is 18.1. The quantitative estimate of drug-likeness (QED) is 0.452. The van der Waals surface area contributed by atoms with Gasteiger partial charge in [-0.2, -0.15) is 13.2 Å². The smallest absolute Gasteiger partial charge is 0.430 e. The van der Waals surface area contributed by atoms with E-state index in [2.05, 4.69) is 15.3 Å². The standard InChI is InChI=1S/C19H20F2N6O.C2HF3O2/c20-19(21)7-10-26(11-8-19)12-13-14-4-1-2-9-27(14)17(23-13)18(28)25-16-6-3-5-15(22)24-16;3-2(4,5)1(6)7/h1-6,9H,7-8,10-12H2,(H3,22,24,25,28);(H,6,7). The molecule has 0 atom stereocenters. The number of aromatic nitrogens is 3. The lowest BCUT2D eigenvalue weighted by molar-refractivity contribution is -0.921. The molecule has 1 amide bonds. The highest BCUT2D eigenvalue weighted by atomic mass is 19.4. The van der Waals surface area contributed by atoms with Crippen molar-refractivity contribution in [3.05, 3.63) is 54.1 Å². The van der Waals surface area contributed by atoms with Gasteiger partial charge in [-0.05, 0) is 24.3 Å². The number of carboxylic acids is 1. The highest BCUT2D eigenvalue weighted by Gasteiger charge is 2.37. The number of carbonyl (C=O) groups excluding carboxylic acids is 2. The molecule has 1 aliphatic rings. The van der Waals surface area contributed by atoms with Crippen LogP contribution in [0, 0.1) is 0 Å². The van der Waals surface area contributed by atoms with E-state index in [1.165, 1.54) is 0 Å². The fraction of sp³-hybridized carbons (Fsp3) is 0.333. The third-order valence-electron chi connectivity index (χ3n) is 5.18. The van der Waals surface area contributed by atoms with E-state index in [9.17, 15) is 26.7 Å². The molecular weight excluding hydrogens is 479 g/mol. The number of imidazole rings is 1. The van der Waals surface area contributed by atoms with Gasteiger partial charge < -0.3 is 25.9 Å². The van der Waals surface area contributed by atoms with Crippen molar-refractivity contribution in [1.82, 2.24) is 14.4 Å². The van der Waals surface area contributed by atoms with E-state index < -0.39 is 24.0 Å². The number of quaternary nitrogens is 1. The molecule has 1 saturated heterocycles. The molecule has 14 heteroatoms. The monoisotopic (exact) mass is 500 g/mol. The molecule has 3 aromatic rings. The summed E-state index contributed by atoms with van der Waals surface area (Å²) in [5.74, 6) is -5.13. The Morgan fingerprint density at radius 2 is 1.77 bits per heavy atom. The number of rotatable bonds is 4. The summed E-state index contributed by atoms with van der Waals surface area (Å²) < 4.78 is 60.1. The molecule has 4 N–H and O–H groups in total. The van der Waals surface area contributed by atoms with Gasteiger partial charge in [0.1, 0.15) is 29.8 Å². The first kappa shape index (κ1) is 25.8. The van der Waals surface area contributed by atoms with Gasteiger partial charge >= 0.3 is 6.18 Å². The van der Waals surface area contributed by atoms with E-state index >= 15 is 0 Å². The maximum absolute atomic E-state index is 13.4. The second kappa shape index (κ2) is 10.2. The first-order valence-electron chi connectivity index (χ1n) is 10.3. The molecule has 35 heavy (non-hydrogen) atoms. The Bertz CT molecular complexity index is 1200. The van der Waals surface area contributed by atoms with E-state index in [4.69, 9.17) is 15.6 Å². The summed E-state index contributed by atoms with van der Waals surface area (Å²) in [6, 6.07) is 10.5. The van der Waals surface area contributed by atoms with Crippen molar-refractivity contribution in [3.8, 4) is 0 Å². The highest BCUT2D eigenvalue weighted by molar-refractivity contribution is 6.02. The number of nitrogen functional groups attached to an aromatic ring is 1. The number of fused-ring (bicyclic) bond motifs is 1. The first-order valence-corrected chi connectivity index (χ1v) is 10.3. The molecule has 0 aliphatic carbocycles. The number of nitrogens with one attached hydrogen (secondary N) is 2. The third kappa shape index (κ3) is 6.85. The van der Waals surface area contributed by atoms with Crippen molar-refractivity contribution >= 4 is 29.0 Å². The van der Waals surface area contributed by atoms with Crippen molar-refractivity contribution in [2.45, 2.75) is 31.5 Å². The summed E-state index contributed by atoms with van der Waals surface area (Å²) in [5.41, 5.74) is 7.16. The fourth-order valence-electron chi connectivity index (χ4n) is 3.47. The Balaban J connectivity index is 0.000000429. The number of piperidine rings is 1. The van der Waals surface area contributed by atoms with E-state index in [1.54, 1.807) is 28.8 Å². The van der Waals surface area contributed by atoms with Gasteiger partial charge in [-0.25, -0.2) is 18.7 Å². The molecule has 188 valence electrons. The molecule has 1 fully saturated rings. The van der Waals surface area contributed by atoms with Gasteiger partial charge in [-0.15, -0.1) is 0 Å². The van der Waals surface area contributed by atoms with Crippen LogP contribution in [0.25, 0.3) is 5.52 Å². The summed E-state index contributed by atoms with van der Waals surface area (Å²) >= 11 is 0. The molecule has 4 rings (SSSR count). The van der Waals surface area contributed by atoms with Crippen molar-refractivity contribution in [3.63, 3.8) is 0 Å². The van der Waals surface area contributed by atoms with Crippen molar-refractivity contribution in [1.29, 1.82) is 0 Å². The number of pyridine rings is 2. The Morgan fingerprint density at radius 1 is 1.11 bits per heavy atom. The number of anilines is 2. The predicted octanol–water partition coefficient (Wildman–Crippen LogP) is 0.676. The van der Waals surface area contributed by atoms with Gasteiger partial charge in [0.2, 0.25) is 5.82 Å². The molecule has 4 heterocycles. The molecule has 0 unspecified atom stereocenters. The van der Waals surface area contributed by atoms with E-state index in [1.807, 2.05) is 18.2 Å². The van der Waals surface area contributed by atoms with Crippen molar-refractivity contribution < 1.29 is 41.5 Å². The maximum atomic E-state index is 13.4. The molecule has 0 spiro atoms. The van der Waals surface area contributed by atoms with Crippen molar-refractivity contribution in [2.24, 2.45) is 0 Å². The largest absolute Gasteiger partial charge is 0.542 e. The minimum Gasteiger partial charge on any atom is -0.542 e. The molecule has 9 nitrogen and oxygen atoms in total.